The molecule has 2 aromatic carbocycles. The fraction of sp³-hybridized carbons (Fsp3) is 0.350. The number of aliphatic hydroxyl groups excluding tert-OH is 1. The fourth-order valence-electron chi connectivity index (χ4n) is 2.41. The van der Waals surface area contributed by atoms with Crippen molar-refractivity contribution in [2.24, 2.45) is 0 Å². The number of anilines is 1. The molecule has 4 nitrogen and oxygen atoms in total. The number of hydrogen-bond donors (Lipinski definition) is 2. The first-order chi connectivity index (χ1) is 11.9. The monoisotopic (exact) mass is 359 g/mol. The molecule has 0 unspecified atom stereocenters. The molecule has 0 spiro atoms. The predicted octanol–water partition coefficient (Wildman–Crippen LogP) is 4.10. The van der Waals surface area contributed by atoms with Gasteiger partial charge in [0.25, 0.3) is 0 Å². The number of nitrogens with one attached hydrogen (secondary N) is 1. The number of rotatable bonds is 7. The summed E-state index contributed by atoms with van der Waals surface area (Å²) in [5.74, 6) is 1.32. The first-order valence-electron chi connectivity index (χ1n) is 8.25. The van der Waals surface area contributed by atoms with E-state index in [2.05, 4.69) is 18.3 Å². The summed E-state index contributed by atoms with van der Waals surface area (Å²) in [5.41, 5.74) is 4.15. The van der Waals surface area contributed by atoms with Crippen LogP contribution < -0.4 is 10.1 Å². The van der Waals surface area contributed by atoms with Crippen LogP contribution in [0.2, 0.25) is 0 Å². The Labute approximate surface area is 153 Å². The Morgan fingerprint density at radius 2 is 1.76 bits per heavy atom. The molecular weight excluding hydrogens is 334 g/mol. The second-order valence-electron chi connectivity index (χ2n) is 6.13. The van der Waals surface area contributed by atoms with Gasteiger partial charge in [-0.05, 0) is 61.7 Å². The van der Waals surface area contributed by atoms with Crippen molar-refractivity contribution in [1.82, 2.24) is 0 Å². The van der Waals surface area contributed by atoms with Crippen LogP contribution in [0.3, 0.4) is 0 Å². The maximum atomic E-state index is 11.0. The van der Waals surface area contributed by atoms with E-state index in [1.54, 1.807) is 11.8 Å². The summed E-state index contributed by atoms with van der Waals surface area (Å²) in [6.45, 7) is 7.85. The third-order valence-corrected chi connectivity index (χ3v) is 5.07. The highest BCUT2D eigenvalue weighted by molar-refractivity contribution is 7.99. The van der Waals surface area contributed by atoms with Crippen LogP contribution in [-0.2, 0) is 4.79 Å². The lowest BCUT2D eigenvalue weighted by molar-refractivity contribution is -0.114. The summed E-state index contributed by atoms with van der Waals surface area (Å²) in [5, 5.41) is 12.9. The normalized spacial score (nSPS) is 11.9. The molecule has 2 rings (SSSR count). The van der Waals surface area contributed by atoms with E-state index in [1.807, 2.05) is 44.2 Å². The molecule has 0 aliphatic rings. The first-order valence-corrected chi connectivity index (χ1v) is 9.23. The molecule has 0 aromatic heterocycles. The van der Waals surface area contributed by atoms with Gasteiger partial charge in [0.2, 0.25) is 5.91 Å². The number of amides is 1. The summed E-state index contributed by atoms with van der Waals surface area (Å²) in [6, 6.07) is 11.7. The SMILES string of the molecule is CC(=O)Nc1ccc(SC[C@H](O)COc2c(C)ccc(C)c2C)cc1. The Morgan fingerprint density at radius 3 is 2.40 bits per heavy atom. The lowest BCUT2D eigenvalue weighted by Gasteiger charge is -2.16. The first kappa shape index (κ1) is 19.3. The Hall–Kier alpha value is -1.98. The molecule has 0 saturated heterocycles. The molecule has 2 aromatic rings. The minimum absolute atomic E-state index is 0.0882. The van der Waals surface area contributed by atoms with E-state index in [0.717, 1.165) is 27.5 Å². The van der Waals surface area contributed by atoms with Gasteiger partial charge in [0, 0.05) is 23.3 Å². The molecule has 0 fully saturated rings. The molecule has 0 aliphatic carbocycles. The number of aryl methyl sites for hydroxylation is 2. The highest BCUT2D eigenvalue weighted by Crippen LogP contribution is 2.26. The maximum Gasteiger partial charge on any atom is 0.221 e. The van der Waals surface area contributed by atoms with Crippen LogP contribution in [0.25, 0.3) is 0 Å². The number of carbonyl (C=O) groups excluding carboxylic acids is 1. The van der Waals surface area contributed by atoms with Gasteiger partial charge >= 0.3 is 0 Å². The largest absolute Gasteiger partial charge is 0.490 e. The van der Waals surface area contributed by atoms with E-state index in [1.165, 1.54) is 12.5 Å². The molecule has 25 heavy (non-hydrogen) atoms. The van der Waals surface area contributed by atoms with E-state index < -0.39 is 6.10 Å². The number of carbonyl (C=O) groups is 1. The number of hydrogen-bond acceptors (Lipinski definition) is 4. The second-order valence-corrected chi connectivity index (χ2v) is 7.23. The molecule has 0 aliphatic heterocycles. The zero-order chi connectivity index (χ0) is 18.4. The highest BCUT2D eigenvalue weighted by Gasteiger charge is 2.11. The van der Waals surface area contributed by atoms with Crippen molar-refractivity contribution in [2.75, 3.05) is 17.7 Å². The third kappa shape index (κ3) is 5.80. The van der Waals surface area contributed by atoms with Crippen molar-refractivity contribution < 1.29 is 14.6 Å². The molecule has 0 saturated carbocycles. The van der Waals surface area contributed by atoms with Gasteiger partial charge in [-0.15, -0.1) is 11.8 Å². The van der Waals surface area contributed by atoms with Crippen LogP contribution >= 0.6 is 11.8 Å². The summed E-state index contributed by atoms with van der Waals surface area (Å²) in [4.78, 5) is 12.0. The van der Waals surface area contributed by atoms with Gasteiger partial charge in [-0.3, -0.25) is 4.79 Å². The van der Waals surface area contributed by atoms with E-state index in [9.17, 15) is 9.90 Å². The smallest absolute Gasteiger partial charge is 0.221 e. The quantitative estimate of drug-likeness (QED) is 0.731. The van der Waals surface area contributed by atoms with Gasteiger partial charge in [-0.1, -0.05) is 12.1 Å². The average Bonchev–Trinajstić information content (AvgIpc) is 2.57. The maximum absolute atomic E-state index is 11.0. The molecule has 2 N–H and O–H groups in total. The van der Waals surface area contributed by atoms with Gasteiger partial charge in [0.1, 0.15) is 12.4 Å². The van der Waals surface area contributed by atoms with Crippen molar-refractivity contribution in [3.05, 3.63) is 53.1 Å². The van der Waals surface area contributed by atoms with Gasteiger partial charge in [0.05, 0.1) is 6.10 Å². The topological polar surface area (TPSA) is 58.6 Å². The van der Waals surface area contributed by atoms with Gasteiger partial charge in [-0.2, -0.15) is 0 Å². The number of benzene rings is 2. The third-order valence-electron chi connectivity index (χ3n) is 3.91. The van der Waals surface area contributed by atoms with E-state index in [4.69, 9.17) is 4.74 Å². The summed E-state index contributed by atoms with van der Waals surface area (Å²) >= 11 is 1.56. The molecule has 1 atom stereocenters. The minimum Gasteiger partial charge on any atom is -0.490 e. The molecular formula is C20H25NO3S. The molecule has 134 valence electrons. The van der Waals surface area contributed by atoms with Gasteiger partial charge < -0.3 is 15.2 Å². The Bertz CT molecular complexity index is 728. The van der Waals surface area contributed by atoms with Crippen molar-refractivity contribution in [3.8, 4) is 5.75 Å². The number of ether oxygens (including phenoxy) is 1. The number of thioether (sulfide) groups is 1. The Morgan fingerprint density at radius 1 is 1.12 bits per heavy atom. The standard InChI is InChI=1S/C20H25NO3S/c1-13-5-6-14(2)20(15(13)3)24-11-18(23)12-25-19-9-7-17(8-10-19)21-16(4)22/h5-10,18,23H,11-12H2,1-4H3,(H,21,22)/t18-/m1/s1. The fourth-order valence-corrected chi connectivity index (χ4v) is 3.22. The van der Waals surface area contributed by atoms with E-state index in [-0.39, 0.29) is 12.5 Å². The second kappa shape index (κ2) is 8.92. The lowest BCUT2D eigenvalue weighted by atomic mass is 10.1. The predicted molar refractivity (Wildman–Crippen MR) is 104 cm³/mol. The molecule has 5 heteroatoms. The lowest BCUT2D eigenvalue weighted by Crippen LogP contribution is -2.20. The Balaban J connectivity index is 1.84. The summed E-state index contributed by atoms with van der Waals surface area (Å²) in [6.07, 6.45) is -0.556. The van der Waals surface area contributed by atoms with Crippen LogP contribution in [0.1, 0.15) is 23.6 Å². The summed E-state index contributed by atoms with van der Waals surface area (Å²) < 4.78 is 5.85. The van der Waals surface area contributed by atoms with E-state index >= 15 is 0 Å². The van der Waals surface area contributed by atoms with Crippen LogP contribution in [0.4, 0.5) is 5.69 Å². The van der Waals surface area contributed by atoms with Gasteiger partial charge in [0.15, 0.2) is 0 Å². The van der Waals surface area contributed by atoms with Crippen LogP contribution in [0, 0.1) is 20.8 Å². The zero-order valence-corrected chi connectivity index (χ0v) is 15.9. The van der Waals surface area contributed by atoms with Crippen LogP contribution in [0.5, 0.6) is 5.75 Å². The van der Waals surface area contributed by atoms with Crippen molar-refractivity contribution in [2.45, 2.75) is 38.7 Å². The highest BCUT2D eigenvalue weighted by atomic mass is 32.2. The molecule has 0 bridgehead atoms. The van der Waals surface area contributed by atoms with Crippen molar-refractivity contribution in [1.29, 1.82) is 0 Å². The Kier molecular flexibility index (Phi) is 6.91. The van der Waals surface area contributed by atoms with E-state index in [0.29, 0.717) is 5.75 Å². The zero-order valence-electron chi connectivity index (χ0n) is 15.1. The van der Waals surface area contributed by atoms with Crippen LogP contribution in [-0.4, -0.2) is 29.5 Å². The molecule has 1 amide bonds. The average molecular weight is 359 g/mol. The van der Waals surface area contributed by atoms with Crippen LogP contribution in [0.15, 0.2) is 41.3 Å². The molecule has 0 heterocycles. The number of aliphatic hydroxyl groups is 1. The minimum atomic E-state index is -0.556. The summed E-state index contributed by atoms with van der Waals surface area (Å²) in [7, 11) is 0. The molecule has 0 radical (unpaired) electrons. The van der Waals surface area contributed by atoms with Crippen molar-refractivity contribution in [3.63, 3.8) is 0 Å². The van der Waals surface area contributed by atoms with Crippen molar-refractivity contribution >= 4 is 23.4 Å². The van der Waals surface area contributed by atoms with Gasteiger partial charge in [-0.25, -0.2) is 0 Å².